The second kappa shape index (κ2) is 12.1. The van der Waals surface area contributed by atoms with E-state index in [0.29, 0.717) is 56.5 Å². The number of carboxylic acid groups (broad SMARTS) is 1. The fourth-order valence-electron chi connectivity index (χ4n) is 8.82. The first-order chi connectivity index (χ1) is 22.2. The third-order valence-corrected chi connectivity index (χ3v) is 11.1. The topological polar surface area (TPSA) is 110 Å². The summed E-state index contributed by atoms with van der Waals surface area (Å²) in [7, 11) is 5.25. The van der Waals surface area contributed by atoms with Gasteiger partial charge >= 0.3 is 5.97 Å². The third-order valence-electron chi connectivity index (χ3n) is 10.8. The van der Waals surface area contributed by atoms with E-state index < -0.39 is 17.4 Å². The molecule has 2 heterocycles. The number of aromatic nitrogens is 1. The van der Waals surface area contributed by atoms with Gasteiger partial charge in [0.2, 0.25) is 0 Å². The Labute approximate surface area is 274 Å². The van der Waals surface area contributed by atoms with Crippen LogP contribution in [0.15, 0.2) is 48.5 Å². The van der Waals surface area contributed by atoms with E-state index in [1.165, 1.54) is 6.42 Å². The lowest BCUT2D eigenvalue weighted by atomic mass is 9.48. The largest absolute Gasteiger partial charge is 0.496 e. The lowest BCUT2D eigenvalue weighted by molar-refractivity contribution is -0.163. The maximum atomic E-state index is 14.1. The van der Waals surface area contributed by atoms with Crippen molar-refractivity contribution in [1.82, 2.24) is 15.2 Å². The van der Waals surface area contributed by atoms with Gasteiger partial charge in [-0.15, -0.1) is 0 Å². The molecule has 1 atom stereocenters. The second-order valence-electron chi connectivity index (χ2n) is 13.5. The molecule has 2 aromatic carbocycles. The first-order valence-corrected chi connectivity index (χ1v) is 16.5. The second-order valence-corrected chi connectivity index (χ2v) is 13.9. The molecule has 9 nitrogen and oxygen atoms in total. The number of hydrogen-bond acceptors (Lipinski definition) is 7. The first kappa shape index (κ1) is 30.8. The predicted octanol–water partition coefficient (Wildman–Crippen LogP) is 6.18. The number of halogens is 1. The fourth-order valence-corrected chi connectivity index (χ4v) is 8.98. The number of nitrogens with one attached hydrogen (secondary N) is 1. The zero-order valence-corrected chi connectivity index (χ0v) is 27.2. The number of likely N-dealkylation sites (tertiary alicyclic amines) is 1. The smallest absolute Gasteiger partial charge is 0.330 e. The van der Waals surface area contributed by atoms with E-state index in [-0.39, 0.29) is 23.6 Å². The molecule has 1 unspecified atom stereocenters. The number of carbonyl (C=O) groups is 2. The Hall–Kier alpha value is -3.82. The average Bonchev–Trinajstić information content (AvgIpc) is 3.46. The van der Waals surface area contributed by atoms with Crippen LogP contribution in [0.1, 0.15) is 49.0 Å². The summed E-state index contributed by atoms with van der Waals surface area (Å²) in [6.07, 6.45) is 5.45. The van der Waals surface area contributed by atoms with E-state index in [1.54, 1.807) is 26.4 Å². The van der Waals surface area contributed by atoms with Crippen LogP contribution in [0.4, 0.5) is 0 Å². The predicted molar refractivity (Wildman–Crippen MR) is 175 cm³/mol. The molecule has 46 heavy (non-hydrogen) atoms. The summed E-state index contributed by atoms with van der Waals surface area (Å²) in [6.45, 7) is 1.74. The highest BCUT2D eigenvalue weighted by Crippen LogP contribution is 2.58. The van der Waals surface area contributed by atoms with Gasteiger partial charge in [0.25, 0.3) is 5.91 Å². The van der Waals surface area contributed by atoms with Gasteiger partial charge in [0, 0.05) is 24.2 Å². The molecule has 8 rings (SSSR count). The van der Waals surface area contributed by atoms with Crippen molar-refractivity contribution in [2.75, 3.05) is 34.4 Å². The van der Waals surface area contributed by atoms with Crippen LogP contribution in [0.3, 0.4) is 0 Å². The molecule has 5 fully saturated rings. The molecule has 1 aromatic heterocycles. The van der Waals surface area contributed by atoms with Gasteiger partial charge in [-0.05, 0) is 106 Å². The van der Waals surface area contributed by atoms with Crippen LogP contribution >= 0.6 is 11.6 Å². The fraction of sp³-hybridized carbons (Fsp3) is 0.472. The molecule has 5 aliphatic rings. The van der Waals surface area contributed by atoms with Crippen molar-refractivity contribution in [1.29, 1.82) is 0 Å². The van der Waals surface area contributed by atoms with Crippen molar-refractivity contribution in [3.63, 3.8) is 0 Å². The monoisotopic (exact) mass is 645 g/mol. The Kier molecular flexibility index (Phi) is 8.09. The van der Waals surface area contributed by atoms with Gasteiger partial charge in [-0.2, -0.15) is 0 Å². The summed E-state index contributed by atoms with van der Waals surface area (Å²) in [5.41, 5.74) is 1.40. The summed E-state index contributed by atoms with van der Waals surface area (Å²) >= 11 is 6.63. The van der Waals surface area contributed by atoms with Crippen LogP contribution in [-0.2, 0) is 4.79 Å². The van der Waals surface area contributed by atoms with Crippen molar-refractivity contribution in [2.45, 2.75) is 50.2 Å². The van der Waals surface area contributed by atoms with Crippen molar-refractivity contribution in [2.24, 2.45) is 23.7 Å². The Bertz CT molecular complexity index is 1630. The number of carboxylic acids is 1. The zero-order valence-electron chi connectivity index (χ0n) is 26.4. The molecule has 1 amide bonds. The Morgan fingerprint density at radius 3 is 2.22 bits per heavy atom. The SMILES string of the molecule is COc1cccc(OC)c1-c1ccc(C(=O)NC2(C(=O)O)C3CC4CC(C3)CC2C4)nc1-c1ccc(Cl)c(OC2CCN(C)C2)c1. The number of likely N-dealkylation sites (N-methyl/N-ethyl adjacent to an activating group) is 1. The Morgan fingerprint density at radius 2 is 1.63 bits per heavy atom. The highest BCUT2D eigenvalue weighted by molar-refractivity contribution is 6.32. The van der Waals surface area contributed by atoms with Gasteiger partial charge < -0.3 is 29.5 Å². The first-order valence-electron chi connectivity index (χ1n) is 16.1. The number of nitrogens with zero attached hydrogens (tertiary/aromatic N) is 2. The van der Waals surface area contributed by atoms with Crippen LogP contribution in [0, 0.1) is 23.7 Å². The van der Waals surface area contributed by atoms with E-state index in [0.717, 1.165) is 45.2 Å². The maximum absolute atomic E-state index is 14.1. The maximum Gasteiger partial charge on any atom is 0.330 e. The van der Waals surface area contributed by atoms with Gasteiger partial charge in [0.05, 0.1) is 30.5 Å². The molecule has 4 aliphatic carbocycles. The number of benzene rings is 2. The van der Waals surface area contributed by atoms with E-state index in [9.17, 15) is 14.7 Å². The van der Waals surface area contributed by atoms with Crippen LogP contribution in [-0.4, -0.2) is 72.9 Å². The molecule has 242 valence electrons. The molecule has 4 bridgehead atoms. The van der Waals surface area contributed by atoms with Crippen molar-refractivity contribution >= 4 is 23.5 Å². The number of carbonyl (C=O) groups excluding carboxylic acids is 1. The van der Waals surface area contributed by atoms with Gasteiger partial charge in [0.1, 0.15) is 34.6 Å². The number of rotatable bonds is 9. The number of hydrogen-bond donors (Lipinski definition) is 2. The van der Waals surface area contributed by atoms with E-state index >= 15 is 0 Å². The molecular formula is C36H40ClN3O6. The summed E-state index contributed by atoms with van der Waals surface area (Å²) in [6, 6.07) is 14.5. The number of amides is 1. The normalized spacial score (nSPS) is 28.2. The molecule has 1 aliphatic heterocycles. The minimum absolute atomic E-state index is 0.00444. The van der Waals surface area contributed by atoms with Crippen molar-refractivity contribution < 1.29 is 28.9 Å². The highest BCUT2D eigenvalue weighted by Gasteiger charge is 2.62. The summed E-state index contributed by atoms with van der Waals surface area (Å²) in [4.78, 5) is 34.2. The van der Waals surface area contributed by atoms with Gasteiger partial charge in [0.15, 0.2) is 0 Å². The summed E-state index contributed by atoms with van der Waals surface area (Å²) in [5, 5.41) is 14.2. The minimum atomic E-state index is -1.29. The number of methoxy groups -OCH3 is 2. The number of aliphatic carboxylic acids is 1. The van der Waals surface area contributed by atoms with E-state index in [1.807, 2.05) is 36.4 Å². The molecule has 2 N–H and O–H groups in total. The van der Waals surface area contributed by atoms with Crippen molar-refractivity contribution in [3.8, 4) is 39.6 Å². The molecule has 10 heteroatoms. The van der Waals surface area contributed by atoms with E-state index in [4.69, 9.17) is 30.8 Å². The molecule has 4 saturated carbocycles. The molecule has 3 aromatic rings. The number of ether oxygens (including phenoxy) is 3. The van der Waals surface area contributed by atoms with Gasteiger partial charge in [-0.25, -0.2) is 9.78 Å². The lowest BCUT2D eigenvalue weighted by Crippen LogP contribution is -2.70. The van der Waals surface area contributed by atoms with Gasteiger partial charge in [-0.3, -0.25) is 4.79 Å². The van der Waals surface area contributed by atoms with Gasteiger partial charge in [-0.1, -0.05) is 23.7 Å². The summed E-state index contributed by atoms with van der Waals surface area (Å²) < 4.78 is 17.8. The average molecular weight is 646 g/mol. The minimum Gasteiger partial charge on any atom is -0.496 e. The Balaban J connectivity index is 1.31. The molecular weight excluding hydrogens is 606 g/mol. The van der Waals surface area contributed by atoms with Crippen LogP contribution in [0.25, 0.3) is 22.4 Å². The van der Waals surface area contributed by atoms with Crippen LogP contribution in [0.5, 0.6) is 17.2 Å². The number of pyridine rings is 1. The Morgan fingerprint density at radius 1 is 0.957 bits per heavy atom. The van der Waals surface area contributed by atoms with Crippen molar-refractivity contribution in [3.05, 3.63) is 59.2 Å². The summed E-state index contributed by atoms with van der Waals surface area (Å²) in [5.74, 6) is 1.22. The molecule has 1 saturated heterocycles. The lowest BCUT2D eigenvalue weighted by Gasteiger charge is -2.59. The zero-order chi connectivity index (χ0) is 32.2. The molecule has 0 spiro atoms. The molecule has 0 radical (unpaired) electrons. The van der Waals surface area contributed by atoms with Crippen LogP contribution < -0.4 is 19.5 Å². The van der Waals surface area contributed by atoms with Crippen LogP contribution in [0.2, 0.25) is 5.02 Å². The third kappa shape index (κ3) is 5.27. The highest BCUT2D eigenvalue weighted by atomic mass is 35.5. The van der Waals surface area contributed by atoms with E-state index in [2.05, 4.69) is 17.3 Å². The quantitative estimate of drug-likeness (QED) is 0.284. The standard InChI is InChI=1S/C36H40ClN3O6/c1-40-12-11-25(19-40)46-31-18-22(7-9-27(31)37)33-26(32-29(44-2)5-4-6-30(32)45-3)8-10-28(38-33)34(41)39-36(35(42)43)23-14-20-13-21(16-23)17-24(36)15-20/h4-10,18,20-21,23-25H,11-17,19H2,1-3H3,(H,39,41)(H,42,43).